The monoisotopic (exact) mass is 475 g/mol. The van der Waals surface area contributed by atoms with Gasteiger partial charge in [-0.25, -0.2) is 0 Å². The standard InChI is InChI=1S/C27H29N3O3S/c1-6-30-22-11-10-19(13-21(22)18(3)15-27(30,4)5)14-23-25(32)29(26(33)34-23)16-24(31)28-20-9-7-8-17(2)12-20/h7-15H,6,16H2,1-5H3,(H,28,31)/b23-14-. The quantitative estimate of drug-likeness (QED) is 0.563. The van der Waals surface area contributed by atoms with Crippen molar-refractivity contribution in [3.63, 3.8) is 0 Å². The first-order valence-corrected chi connectivity index (χ1v) is 12.1. The summed E-state index contributed by atoms with van der Waals surface area (Å²) in [4.78, 5) is 41.5. The second-order valence-electron chi connectivity index (χ2n) is 9.19. The topological polar surface area (TPSA) is 69.7 Å². The summed E-state index contributed by atoms with van der Waals surface area (Å²) in [6.45, 7) is 11.1. The van der Waals surface area contributed by atoms with Crippen LogP contribution < -0.4 is 10.2 Å². The first kappa shape index (κ1) is 23.8. The number of benzene rings is 2. The summed E-state index contributed by atoms with van der Waals surface area (Å²) in [7, 11) is 0. The summed E-state index contributed by atoms with van der Waals surface area (Å²) < 4.78 is 0. The molecule has 0 unspecified atom stereocenters. The number of allylic oxidation sites excluding steroid dienone is 1. The van der Waals surface area contributed by atoms with E-state index in [1.165, 1.54) is 5.57 Å². The van der Waals surface area contributed by atoms with Crippen molar-refractivity contribution in [3.05, 3.63) is 70.1 Å². The van der Waals surface area contributed by atoms with Crippen molar-refractivity contribution >= 4 is 51.8 Å². The third-order valence-corrected chi connectivity index (χ3v) is 7.00. The molecule has 2 heterocycles. The number of nitrogens with zero attached hydrogens (tertiary/aromatic N) is 2. The highest BCUT2D eigenvalue weighted by Crippen LogP contribution is 2.40. The normalized spacial score (nSPS) is 18.3. The summed E-state index contributed by atoms with van der Waals surface area (Å²) in [6, 6.07) is 13.5. The van der Waals surface area contributed by atoms with E-state index < -0.39 is 17.1 Å². The van der Waals surface area contributed by atoms with Gasteiger partial charge in [-0.05, 0) is 93.4 Å². The molecule has 0 spiro atoms. The number of anilines is 2. The van der Waals surface area contributed by atoms with Gasteiger partial charge >= 0.3 is 0 Å². The summed E-state index contributed by atoms with van der Waals surface area (Å²) in [6.07, 6.45) is 3.98. The molecule has 6 nitrogen and oxygen atoms in total. The van der Waals surface area contributed by atoms with Gasteiger partial charge in [-0.3, -0.25) is 19.3 Å². The zero-order valence-corrected chi connectivity index (χ0v) is 21.0. The van der Waals surface area contributed by atoms with Crippen LogP contribution in [-0.2, 0) is 9.59 Å². The number of rotatable bonds is 5. The summed E-state index contributed by atoms with van der Waals surface area (Å²) >= 11 is 0.864. The second-order valence-corrected chi connectivity index (χ2v) is 10.2. The summed E-state index contributed by atoms with van der Waals surface area (Å²) in [5, 5.41) is 2.30. The molecule has 3 amide bonds. The number of imide groups is 1. The fourth-order valence-corrected chi connectivity index (χ4v) is 5.46. The smallest absolute Gasteiger partial charge is 0.294 e. The number of carbonyl (C=O) groups is 3. The second kappa shape index (κ2) is 9.14. The minimum absolute atomic E-state index is 0.0744. The lowest BCUT2D eigenvalue weighted by Crippen LogP contribution is -2.44. The Hall–Kier alpha value is -3.32. The highest BCUT2D eigenvalue weighted by molar-refractivity contribution is 8.18. The molecule has 0 bridgehead atoms. The Kier molecular flexibility index (Phi) is 6.41. The number of hydrogen-bond acceptors (Lipinski definition) is 5. The summed E-state index contributed by atoms with van der Waals surface area (Å²) in [5.41, 5.74) is 5.87. The molecule has 34 heavy (non-hydrogen) atoms. The van der Waals surface area contributed by atoms with Crippen LogP contribution in [0.4, 0.5) is 16.2 Å². The largest absolute Gasteiger partial charge is 0.363 e. The first-order chi connectivity index (χ1) is 16.1. The number of amides is 3. The Morgan fingerprint density at radius 1 is 1.12 bits per heavy atom. The average molecular weight is 476 g/mol. The molecule has 4 rings (SSSR count). The predicted molar refractivity (Wildman–Crippen MR) is 140 cm³/mol. The summed E-state index contributed by atoms with van der Waals surface area (Å²) in [5.74, 6) is -0.860. The van der Waals surface area contributed by atoms with Gasteiger partial charge in [0.25, 0.3) is 11.1 Å². The van der Waals surface area contributed by atoms with Crippen LogP contribution >= 0.6 is 11.8 Å². The zero-order chi connectivity index (χ0) is 24.6. The van der Waals surface area contributed by atoms with Gasteiger partial charge in [0.15, 0.2) is 0 Å². The SMILES string of the molecule is CCN1c2ccc(/C=C3\SC(=O)N(CC(=O)Nc4cccc(C)c4)C3=O)cc2C(C)=CC1(C)C. The molecule has 0 aromatic heterocycles. The van der Waals surface area contributed by atoms with Crippen LogP contribution in [0.15, 0.2) is 53.4 Å². The highest BCUT2D eigenvalue weighted by Gasteiger charge is 2.36. The van der Waals surface area contributed by atoms with Crippen molar-refractivity contribution in [2.24, 2.45) is 0 Å². The lowest BCUT2D eigenvalue weighted by molar-refractivity contribution is -0.127. The van der Waals surface area contributed by atoms with Gasteiger partial charge in [-0.1, -0.05) is 24.3 Å². The van der Waals surface area contributed by atoms with Crippen LogP contribution in [-0.4, -0.2) is 40.6 Å². The van der Waals surface area contributed by atoms with Crippen molar-refractivity contribution in [2.75, 3.05) is 23.3 Å². The van der Waals surface area contributed by atoms with Gasteiger partial charge in [0.05, 0.1) is 10.4 Å². The highest BCUT2D eigenvalue weighted by atomic mass is 32.2. The molecule has 0 atom stereocenters. The van der Waals surface area contributed by atoms with Crippen LogP contribution in [0.2, 0.25) is 0 Å². The lowest BCUT2D eigenvalue weighted by Gasteiger charge is -2.42. The van der Waals surface area contributed by atoms with E-state index in [4.69, 9.17) is 0 Å². The van der Waals surface area contributed by atoms with Crippen LogP contribution in [0.5, 0.6) is 0 Å². The molecule has 2 aromatic carbocycles. The lowest BCUT2D eigenvalue weighted by atomic mass is 9.88. The molecule has 176 valence electrons. The Morgan fingerprint density at radius 3 is 2.59 bits per heavy atom. The number of fused-ring (bicyclic) bond motifs is 1. The van der Waals surface area contributed by atoms with E-state index in [-0.39, 0.29) is 12.1 Å². The maximum Gasteiger partial charge on any atom is 0.294 e. The van der Waals surface area contributed by atoms with Gasteiger partial charge in [0, 0.05) is 23.5 Å². The Balaban J connectivity index is 1.52. The molecule has 0 radical (unpaired) electrons. The molecular weight excluding hydrogens is 446 g/mol. The predicted octanol–water partition coefficient (Wildman–Crippen LogP) is 5.69. The van der Waals surface area contributed by atoms with E-state index in [0.29, 0.717) is 10.6 Å². The number of nitrogens with one attached hydrogen (secondary N) is 1. The van der Waals surface area contributed by atoms with E-state index in [2.05, 4.69) is 56.1 Å². The number of likely N-dealkylation sites (N-methyl/N-ethyl adjacent to an activating group) is 1. The minimum atomic E-state index is -0.448. The van der Waals surface area contributed by atoms with E-state index >= 15 is 0 Å². The van der Waals surface area contributed by atoms with Crippen molar-refractivity contribution in [1.29, 1.82) is 0 Å². The fraction of sp³-hybridized carbons (Fsp3) is 0.296. The minimum Gasteiger partial charge on any atom is -0.363 e. The maximum atomic E-state index is 12.9. The van der Waals surface area contributed by atoms with Gasteiger partial charge in [-0.2, -0.15) is 0 Å². The van der Waals surface area contributed by atoms with Crippen LogP contribution in [0.25, 0.3) is 11.6 Å². The van der Waals surface area contributed by atoms with E-state index in [1.807, 2.05) is 31.2 Å². The van der Waals surface area contributed by atoms with Crippen molar-refractivity contribution in [2.45, 2.75) is 40.2 Å². The van der Waals surface area contributed by atoms with E-state index in [0.717, 1.165) is 45.6 Å². The van der Waals surface area contributed by atoms with E-state index in [9.17, 15) is 14.4 Å². The number of aryl methyl sites for hydroxylation is 1. The average Bonchev–Trinajstić information content (AvgIpc) is 3.01. The Bertz CT molecular complexity index is 1250. The number of carbonyl (C=O) groups excluding carboxylic acids is 3. The molecule has 7 heteroatoms. The van der Waals surface area contributed by atoms with Crippen molar-refractivity contribution in [3.8, 4) is 0 Å². The molecule has 1 fully saturated rings. The van der Waals surface area contributed by atoms with Crippen LogP contribution in [0, 0.1) is 6.92 Å². The van der Waals surface area contributed by atoms with Crippen LogP contribution in [0.1, 0.15) is 44.4 Å². The zero-order valence-electron chi connectivity index (χ0n) is 20.1. The molecular formula is C27H29N3O3S. The Labute approximate surface area is 204 Å². The maximum absolute atomic E-state index is 12.9. The van der Waals surface area contributed by atoms with E-state index in [1.54, 1.807) is 12.1 Å². The van der Waals surface area contributed by atoms with Gasteiger partial charge in [0.2, 0.25) is 5.91 Å². The molecule has 1 saturated heterocycles. The third-order valence-electron chi connectivity index (χ3n) is 6.09. The number of thioether (sulfide) groups is 1. The van der Waals surface area contributed by atoms with Crippen molar-refractivity contribution in [1.82, 2.24) is 4.90 Å². The van der Waals surface area contributed by atoms with Gasteiger partial charge < -0.3 is 10.2 Å². The first-order valence-electron chi connectivity index (χ1n) is 11.3. The third kappa shape index (κ3) is 4.66. The van der Waals surface area contributed by atoms with Gasteiger partial charge in [0.1, 0.15) is 6.54 Å². The van der Waals surface area contributed by atoms with Crippen LogP contribution in [0.3, 0.4) is 0 Å². The van der Waals surface area contributed by atoms with Gasteiger partial charge in [-0.15, -0.1) is 0 Å². The fourth-order valence-electron chi connectivity index (χ4n) is 4.62. The Morgan fingerprint density at radius 2 is 1.88 bits per heavy atom. The number of hydrogen-bond donors (Lipinski definition) is 1. The molecule has 0 saturated carbocycles. The molecule has 2 aliphatic rings. The molecule has 2 aromatic rings. The van der Waals surface area contributed by atoms with Crippen molar-refractivity contribution < 1.29 is 14.4 Å². The molecule has 2 aliphatic heterocycles. The molecule has 0 aliphatic carbocycles. The molecule has 1 N–H and O–H groups in total.